The zero-order chi connectivity index (χ0) is 40.6. The van der Waals surface area contributed by atoms with E-state index in [2.05, 4.69) is 15.6 Å². The Morgan fingerprint density at radius 3 is 2.56 bits per heavy atom. The molecule has 5 heterocycles. The van der Waals surface area contributed by atoms with Crippen LogP contribution in [0.15, 0.2) is 42.6 Å². The number of aromatic amines is 1. The smallest absolute Gasteiger partial charge is 0.248 e. The molecule has 1 atom stereocenters. The normalized spacial score (nSPS) is 15.8. The van der Waals surface area contributed by atoms with Crippen LogP contribution in [-0.4, -0.2) is 136 Å². The van der Waals surface area contributed by atoms with Crippen molar-refractivity contribution >= 4 is 74.1 Å². The number of anilines is 1. The lowest BCUT2D eigenvalue weighted by Crippen LogP contribution is -2.54. The molecule has 0 saturated carbocycles. The van der Waals surface area contributed by atoms with Crippen LogP contribution in [0.1, 0.15) is 35.4 Å². The fourth-order valence-corrected chi connectivity index (χ4v) is 8.53. The van der Waals surface area contributed by atoms with Crippen LogP contribution < -0.4 is 15.5 Å². The van der Waals surface area contributed by atoms with Gasteiger partial charge in [-0.05, 0) is 51.2 Å². The molecule has 57 heavy (non-hydrogen) atoms. The molecule has 4 amide bonds. The summed E-state index contributed by atoms with van der Waals surface area (Å²) in [6, 6.07) is 7.59. The number of amides is 4. The maximum absolute atomic E-state index is 12.5. The van der Waals surface area contributed by atoms with Gasteiger partial charge in [0.15, 0.2) is 0 Å². The Morgan fingerprint density at radius 1 is 1.05 bits per heavy atom. The number of thiophene rings is 1. The summed E-state index contributed by atoms with van der Waals surface area (Å²) in [7, 11) is 3.87. The van der Waals surface area contributed by atoms with Crippen LogP contribution in [-0.2, 0) is 45.1 Å². The number of piperazine rings is 1. The van der Waals surface area contributed by atoms with Crippen molar-refractivity contribution in [1.29, 1.82) is 0 Å². The Kier molecular flexibility index (Phi) is 14.3. The van der Waals surface area contributed by atoms with Gasteiger partial charge in [-0.25, -0.2) is 0 Å². The maximum Gasteiger partial charge on any atom is 0.248 e. The first-order valence-corrected chi connectivity index (χ1v) is 20.6. The molecule has 4 aromatic rings. The Bertz CT molecular complexity index is 2110. The summed E-state index contributed by atoms with van der Waals surface area (Å²) in [6.45, 7) is 3.46. The largest absolute Gasteiger partial charge is 0.387 e. The second-order valence-electron chi connectivity index (χ2n) is 14.4. The van der Waals surface area contributed by atoms with E-state index in [1.807, 2.05) is 54.4 Å². The van der Waals surface area contributed by atoms with Crippen LogP contribution in [0.2, 0.25) is 10.0 Å². The topological polar surface area (TPSA) is 179 Å². The predicted octanol–water partition coefficient (Wildman–Crippen LogP) is 3.01. The molecule has 5 N–H and O–H groups in total. The fourth-order valence-electron chi connectivity index (χ4n) is 7.05. The minimum Gasteiger partial charge on any atom is -0.387 e. The number of halogens is 2. The summed E-state index contributed by atoms with van der Waals surface area (Å²) in [5.74, 6) is -0.709. The fraction of sp³-hybridized carbons (Fsp3) is 0.462. The highest BCUT2D eigenvalue weighted by Crippen LogP contribution is 2.42. The van der Waals surface area contributed by atoms with Gasteiger partial charge in [0, 0.05) is 104 Å². The minimum absolute atomic E-state index is 0.103. The molecule has 1 unspecified atom stereocenters. The third-order valence-electron chi connectivity index (χ3n) is 10.0. The number of benzene rings is 1. The van der Waals surface area contributed by atoms with E-state index in [0.29, 0.717) is 92.9 Å². The Morgan fingerprint density at radius 2 is 1.82 bits per heavy atom. The number of rotatable bonds is 16. The van der Waals surface area contributed by atoms with Gasteiger partial charge < -0.3 is 45.4 Å². The highest BCUT2D eigenvalue weighted by molar-refractivity contribution is 7.16. The number of H-pyrrole nitrogens is 1. The Labute approximate surface area is 345 Å². The molecule has 1 fully saturated rings. The van der Waals surface area contributed by atoms with Crippen molar-refractivity contribution in [2.24, 2.45) is 0 Å². The number of aliphatic hydroxyl groups is 2. The van der Waals surface area contributed by atoms with E-state index in [9.17, 15) is 29.4 Å². The number of likely N-dealkylation sites (N-methyl/N-ethyl adjacent to an activating group) is 1. The number of aromatic nitrogens is 3. The number of carbonyl (C=O) groups excluding carboxylic acids is 4. The average Bonchev–Trinajstić information content (AvgIpc) is 3.95. The van der Waals surface area contributed by atoms with Gasteiger partial charge in [0.05, 0.1) is 39.3 Å². The first-order valence-electron chi connectivity index (χ1n) is 19.0. The van der Waals surface area contributed by atoms with Gasteiger partial charge in [-0.15, -0.1) is 11.3 Å². The summed E-state index contributed by atoms with van der Waals surface area (Å²) in [4.78, 5) is 61.4. The van der Waals surface area contributed by atoms with Gasteiger partial charge in [0.25, 0.3) is 0 Å². The highest BCUT2D eigenvalue weighted by atomic mass is 35.5. The van der Waals surface area contributed by atoms with E-state index in [4.69, 9.17) is 28.3 Å². The lowest BCUT2D eigenvalue weighted by atomic mass is 9.99. The summed E-state index contributed by atoms with van der Waals surface area (Å²) < 4.78 is 1.73. The quantitative estimate of drug-likeness (QED) is 0.106. The summed E-state index contributed by atoms with van der Waals surface area (Å²) in [5.41, 5.74) is 3.99. The molecule has 0 spiro atoms. The number of nitrogens with one attached hydrogen (secondary N) is 3. The first-order chi connectivity index (χ1) is 27.4. The number of hydrogen-bond donors (Lipinski definition) is 5. The van der Waals surface area contributed by atoms with Crippen molar-refractivity contribution in [3.8, 4) is 11.3 Å². The number of carbonyl (C=O) groups is 4. The molecule has 0 radical (unpaired) electrons. The van der Waals surface area contributed by atoms with Crippen molar-refractivity contribution < 1.29 is 29.4 Å². The summed E-state index contributed by atoms with van der Waals surface area (Å²) in [6.07, 6.45) is 6.50. The zero-order valence-corrected chi connectivity index (χ0v) is 34.4. The lowest BCUT2D eigenvalue weighted by molar-refractivity contribution is -0.135. The standard InChI is InChI=1S/C39H49Cl2N9O6S/c1-46(2)15-4-7-33(54)48-19-20-50(34(55)23-48)36-9-8-25(57-36)10-13-42-31(52)5-3-6-32(53)43-14-18-49-17-12-30(45-49)26-21-28(40)38(41)39-37(26)27-22-47(35(56)24-51)16-11-29(27)44-39/h4,7-9,12,17,21,34,44,51,55H,3,5-6,10-11,13-16,18-20,22-24H2,1-2H3,(H,42,52)(H,43,53)/b7-4+. The van der Waals surface area contributed by atoms with Gasteiger partial charge in [-0.1, -0.05) is 29.3 Å². The van der Waals surface area contributed by atoms with Gasteiger partial charge in [0.1, 0.15) is 12.8 Å². The van der Waals surface area contributed by atoms with Crippen LogP contribution >= 0.6 is 34.5 Å². The van der Waals surface area contributed by atoms with Crippen LogP contribution in [0.3, 0.4) is 0 Å². The minimum atomic E-state index is -0.796. The molecule has 0 bridgehead atoms. The number of hydrogen-bond acceptors (Lipinski definition) is 10. The third-order valence-corrected chi connectivity index (χ3v) is 12.0. The number of fused-ring (bicyclic) bond motifs is 3. The molecule has 0 aliphatic carbocycles. The maximum atomic E-state index is 12.5. The van der Waals surface area contributed by atoms with Crippen LogP contribution in [0.5, 0.6) is 0 Å². The van der Waals surface area contributed by atoms with Crippen LogP contribution in [0.4, 0.5) is 5.00 Å². The van der Waals surface area contributed by atoms with Crippen molar-refractivity contribution in [3.05, 3.63) is 68.8 Å². The molecule has 2 aliphatic heterocycles. The number of β-amino-alcohol motifs (C(OH)–C–C–N with tert-alkyl or cyclic N) is 1. The molecule has 15 nitrogen and oxygen atoms in total. The second kappa shape index (κ2) is 19.3. The van der Waals surface area contributed by atoms with Crippen molar-refractivity contribution in [2.75, 3.05) is 71.4 Å². The molecule has 3 aromatic heterocycles. The van der Waals surface area contributed by atoms with E-state index < -0.39 is 12.8 Å². The molecule has 2 aliphatic rings. The van der Waals surface area contributed by atoms with Gasteiger partial charge in [0.2, 0.25) is 23.6 Å². The molecular formula is C39H49Cl2N9O6S. The SMILES string of the molecule is CN(C)C/C=C/C(=O)N1CCN(c2ccc(CCNC(=O)CCCC(=O)NCCn3ccc(-c4cc(Cl)c(Cl)c5[nH]c6c(c45)CN(C(=O)CO)CC6)n3)s2)C(O)C1. The predicted molar refractivity (Wildman–Crippen MR) is 221 cm³/mol. The van der Waals surface area contributed by atoms with Crippen LogP contribution in [0, 0.1) is 0 Å². The molecule has 18 heteroatoms. The third kappa shape index (κ3) is 10.5. The van der Waals surface area contributed by atoms with E-state index in [-0.39, 0.29) is 43.0 Å². The van der Waals surface area contributed by atoms with Crippen molar-refractivity contribution in [3.63, 3.8) is 0 Å². The molecular weight excluding hydrogens is 793 g/mol. The van der Waals surface area contributed by atoms with E-state index in [1.165, 1.54) is 0 Å². The van der Waals surface area contributed by atoms with E-state index in [0.717, 1.165) is 32.1 Å². The number of nitrogens with zero attached hydrogens (tertiary/aromatic N) is 6. The molecule has 1 aromatic carbocycles. The van der Waals surface area contributed by atoms with Crippen LogP contribution in [0.25, 0.3) is 22.2 Å². The zero-order valence-electron chi connectivity index (χ0n) is 32.1. The van der Waals surface area contributed by atoms with Crippen molar-refractivity contribution in [1.82, 2.24) is 40.1 Å². The van der Waals surface area contributed by atoms with E-state index >= 15 is 0 Å². The highest BCUT2D eigenvalue weighted by Gasteiger charge is 2.29. The van der Waals surface area contributed by atoms with Gasteiger partial charge in [-0.2, -0.15) is 5.10 Å². The van der Waals surface area contributed by atoms with Gasteiger partial charge >= 0.3 is 0 Å². The summed E-state index contributed by atoms with van der Waals surface area (Å²) in [5, 5.41) is 33.2. The molecule has 306 valence electrons. The van der Waals surface area contributed by atoms with E-state index in [1.54, 1.807) is 38.0 Å². The lowest BCUT2D eigenvalue weighted by Gasteiger charge is -2.38. The Hall–Kier alpha value is -4.45. The second-order valence-corrected chi connectivity index (χ2v) is 16.3. The molecule has 6 rings (SSSR count). The van der Waals surface area contributed by atoms with Crippen molar-refractivity contribution in [2.45, 2.75) is 51.4 Å². The average molecular weight is 843 g/mol. The summed E-state index contributed by atoms with van der Waals surface area (Å²) >= 11 is 14.7. The first kappa shape index (κ1) is 42.2. The molecule has 1 saturated heterocycles. The van der Waals surface area contributed by atoms with Gasteiger partial charge in [-0.3, -0.25) is 23.9 Å². The monoisotopic (exact) mass is 841 g/mol. The Balaban J connectivity index is 0.896. The number of aliphatic hydroxyl groups excluding tert-OH is 2.